The van der Waals surface area contributed by atoms with Crippen LogP contribution in [0.5, 0.6) is 0 Å². The molecule has 0 radical (unpaired) electrons. The van der Waals surface area contributed by atoms with Crippen LogP contribution in [0, 0.1) is 5.92 Å². The number of aromatic nitrogens is 1. The molecule has 0 spiro atoms. The summed E-state index contributed by atoms with van der Waals surface area (Å²) >= 11 is 0. The Bertz CT molecular complexity index is 827. The number of piperidine rings is 1. The summed E-state index contributed by atoms with van der Waals surface area (Å²) in [4.78, 5) is 18.5. The summed E-state index contributed by atoms with van der Waals surface area (Å²) in [5, 5.41) is 1.15. The number of carbonyl (C=O) groups is 1. The zero-order valence-corrected chi connectivity index (χ0v) is 13.0. The van der Waals surface area contributed by atoms with Gasteiger partial charge in [0.1, 0.15) is 0 Å². The van der Waals surface area contributed by atoms with Gasteiger partial charge < -0.3 is 4.98 Å². The first-order valence-corrected chi connectivity index (χ1v) is 7.79. The summed E-state index contributed by atoms with van der Waals surface area (Å²) in [5.74, 6) is 0.382. The van der Waals surface area contributed by atoms with E-state index in [0.717, 1.165) is 34.3 Å². The molecule has 0 amide bonds. The second-order valence-corrected chi connectivity index (χ2v) is 6.40. The van der Waals surface area contributed by atoms with Crippen molar-refractivity contribution in [2.45, 2.75) is 19.4 Å². The van der Waals surface area contributed by atoms with Crippen molar-refractivity contribution >= 4 is 16.7 Å². The third-order valence-electron chi connectivity index (χ3n) is 5.18. The van der Waals surface area contributed by atoms with E-state index in [1.165, 1.54) is 5.57 Å². The number of fused-ring (bicyclic) bond motifs is 6. The average Bonchev–Trinajstić information content (AvgIpc) is 2.86. The smallest absolute Gasteiger partial charge is 0.180 e. The molecule has 2 atom stereocenters. The molecule has 1 saturated heterocycles. The summed E-state index contributed by atoms with van der Waals surface area (Å²) in [5.41, 5.74) is 5.40. The maximum Gasteiger partial charge on any atom is 0.180 e. The maximum atomic E-state index is 12.8. The van der Waals surface area contributed by atoms with Gasteiger partial charge in [0.2, 0.25) is 0 Å². The lowest BCUT2D eigenvalue weighted by Crippen LogP contribution is -2.36. The number of H-pyrrole nitrogens is 1. The van der Waals surface area contributed by atoms with Gasteiger partial charge >= 0.3 is 0 Å². The summed E-state index contributed by atoms with van der Waals surface area (Å²) in [6, 6.07) is 8.29. The molecule has 4 rings (SSSR count). The second-order valence-electron chi connectivity index (χ2n) is 6.40. The zero-order chi connectivity index (χ0) is 15.4. The van der Waals surface area contributed by atoms with Gasteiger partial charge in [0.15, 0.2) is 5.78 Å². The number of aromatic amines is 1. The van der Waals surface area contributed by atoms with Crippen molar-refractivity contribution in [1.29, 1.82) is 0 Å². The van der Waals surface area contributed by atoms with Gasteiger partial charge in [0, 0.05) is 35.3 Å². The van der Waals surface area contributed by atoms with E-state index in [1.54, 1.807) is 0 Å². The molecule has 1 N–H and O–H groups in total. The van der Waals surface area contributed by atoms with Gasteiger partial charge in [0.25, 0.3) is 0 Å². The van der Waals surface area contributed by atoms with Crippen molar-refractivity contribution in [1.82, 2.24) is 9.88 Å². The first kappa shape index (κ1) is 13.5. The maximum absolute atomic E-state index is 12.8. The quantitative estimate of drug-likeness (QED) is 0.748. The number of hydrogen-bond acceptors (Lipinski definition) is 2. The zero-order valence-electron chi connectivity index (χ0n) is 13.0. The van der Waals surface area contributed by atoms with Crippen molar-refractivity contribution in [2.75, 3.05) is 13.6 Å². The summed E-state index contributed by atoms with van der Waals surface area (Å²) in [6.45, 7) is 7.33. The van der Waals surface area contributed by atoms with Crippen LogP contribution >= 0.6 is 0 Å². The van der Waals surface area contributed by atoms with Crippen LogP contribution in [0.1, 0.15) is 35.4 Å². The van der Waals surface area contributed by atoms with E-state index in [0.29, 0.717) is 6.42 Å². The molecule has 2 heterocycles. The van der Waals surface area contributed by atoms with E-state index in [1.807, 2.05) is 18.2 Å². The Labute approximate surface area is 130 Å². The molecule has 2 aromatic rings. The number of allylic oxidation sites excluding steroid dienone is 1. The monoisotopic (exact) mass is 292 g/mol. The van der Waals surface area contributed by atoms with Crippen LogP contribution in [-0.4, -0.2) is 29.3 Å². The Hall–Kier alpha value is -2.13. The summed E-state index contributed by atoms with van der Waals surface area (Å²) in [7, 11) is 2.12. The molecule has 3 heteroatoms. The fraction of sp³-hybridized carbons (Fsp3) is 0.316. The van der Waals surface area contributed by atoms with Crippen molar-refractivity contribution in [2.24, 2.45) is 5.92 Å². The number of carbonyl (C=O) groups excluding carboxylic acids is 1. The number of nitrogens with one attached hydrogen (secondary N) is 1. The Balaban J connectivity index is 2.01. The van der Waals surface area contributed by atoms with Gasteiger partial charge in [-0.1, -0.05) is 36.4 Å². The number of ketones is 1. The largest absolute Gasteiger partial charge is 0.352 e. The lowest BCUT2D eigenvalue weighted by atomic mass is 9.80. The fourth-order valence-electron chi connectivity index (χ4n) is 4.12. The molecule has 0 unspecified atom stereocenters. The third-order valence-corrected chi connectivity index (χ3v) is 5.18. The van der Waals surface area contributed by atoms with E-state index >= 15 is 0 Å². The summed E-state index contributed by atoms with van der Waals surface area (Å²) in [6.07, 6.45) is 2.68. The van der Waals surface area contributed by atoms with Crippen molar-refractivity contribution < 1.29 is 4.79 Å². The van der Waals surface area contributed by atoms with E-state index in [9.17, 15) is 4.79 Å². The Kier molecular flexibility index (Phi) is 2.88. The van der Waals surface area contributed by atoms with E-state index < -0.39 is 0 Å². The highest BCUT2D eigenvalue weighted by Gasteiger charge is 2.41. The number of nitrogens with zero attached hydrogens (tertiary/aromatic N) is 1. The number of benzene rings is 1. The minimum Gasteiger partial charge on any atom is -0.352 e. The SMILES string of the molecule is C=C1[C@H]2CC(=O)c3[nH]c4ccccc4c3[C@@H]1N(C)C/C2=C\C. The topological polar surface area (TPSA) is 36.1 Å². The van der Waals surface area contributed by atoms with Gasteiger partial charge in [-0.25, -0.2) is 0 Å². The lowest BCUT2D eigenvalue weighted by molar-refractivity contribution is 0.0968. The van der Waals surface area contributed by atoms with Crippen LogP contribution in [0.2, 0.25) is 0 Å². The number of Topliss-reactive ketones (excluding diaryl/α,β-unsaturated/α-hetero) is 1. The normalized spacial score (nSPS) is 27.3. The Morgan fingerprint density at radius 2 is 2.14 bits per heavy atom. The van der Waals surface area contributed by atoms with Gasteiger partial charge in [0.05, 0.1) is 11.7 Å². The standard InChI is InChI=1S/C19H20N2O/c1-4-12-10-21(3)19-11(2)14(12)9-16(22)18-17(19)13-7-5-6-8-15(13)20-18/h4-8,14,19-20H,2,9-10H2,1,3H3/b12-4+/t14-,19-/m1/s1. The minimum absolute atomic E-state index is 0.117. The lowest BCUT2D eigenvalue weighted by Gasteiger charge is -2.39. The van der Waals surface area contributed by atoms with Gasteiger partial charge in [-0.15, -0.1) is 0 Å². The van der Waals surface area contributed by atoms with E-state index in [4.69, 9.17) is 0 Å². The second kappa shape index (κ2) is 4.68. The number of likely N-dealkylation sites (N-methyl/N-ethyl adjacent to an activating group) is 1. The van der Waals surface area contributed by atoms with Crippen LogP contribution in [-0.2, 0) is 0 Å². The highest BCUT2D eigenvalue weighted by Crippen LogP contribution is 2.47. The number of rotatable bonds is 0. The highest BCUT2D eigenvalue weighted by atomic mass is 16.1. The molecule has 2 aliphatic rings. The molecule has 1 fully saturated rings. The molecule has 22 heavy (non-hydrogen) atoms. The predicted octanol–water partition coefficient (Wildman–Crippen LogP) is 3.86. The van der Waals surface area contributed by atoms with Crippen molar-refractivity contribution in [3.8, 4) is 0 Å². The van der Waals surface area contributed by atoms with Gasteiger partial charge in [-0.3, -0.25) is 9.69 Å². The molecule has 0 saturated carbocycles. The molecule has 3 nitrogen and oxygen atoms in total. The average molecular weight is 292 g/mol. The van der Waals surface area contributed by atoms with Crippen molar-refractivity contribution in [3.05, 3.63) is 59.3 Å². The molecule has 1 aliphatic heterocycles. The van der Waals surface area contributed by atoms with Crippen LogP contribution in [0.25, 0.3) is 10.9 Å². The molecule has 1 aromatic heterocycles. The van der Waals surface area contributed by atoms with Gasteiger partial charge in [-0.2, -0.15) is 0 Å². The molecular formula is C19H20N2O. The van der Waals surface area contributed by atoms with Crippen LogP contribution in [0.4, 0.5) is 0 Å². The van der Waals surface area contributed by atoms with Crippen LogP contribution in [0.15, 0.2) is 48.1 Å². The number of para-hydroxylation sites is 1. The molecule has 2 bridgehead atoms. The Morgan fingerprint density at radius 1 is 1.36 bits per heavy atom. The third kappa shape index (κ3) is 1.69. The van der Waals surface area contributed by atoms with Crippen molar-refractivity contribution in [3.63, 3.8) is 0 Å². The molecule has 1 aromatic carbocycles. The first-order chi connectivity index (χ1) is 10.6. The highest BCUT2D eigenvalue weighted by molar-refractivity contribution is 6.04. The minimum atomic E-state index is 0.117. The number of likely N-dealkylation sites (tertiary alicyclic amines) is 1. The van der Waals surface area contributed by atoms with E-state index in [-0.39, 0.29) is 17.7 Å². The summed E-state index contributed by atoms with van der Waals surface area (Å²) < 4.78 is 0. The molecular weight excluding hydrogens is 272 g/mol. The molecule has 1 aliphatic carbocycles. The fourth-order valence-corrected chi connectivity index (χ4v) is 4.12. The van der Waals surface area contributed by atoms with E-state index in [2.05, 4.69) is 42.6 Å². The number of hydrogen-bond donors (Lipinski definition) is 1. The molecule has 112 valence electrons. The van der Waals surface area contributed by atoms with Gasteiger partial charge in [-0.05, 0) is 25.6 Å². The van der Waals surface area contributed by atoms with Crippen LogP contribution in [0.3, 0.4) is 0 Å². The predicted molar refractivity (Wildman–Crippen MR) is 89.0 cm³/mol. The Morgan fingerprint density at radius 3 is 2.91 bits per heavy atom. The van der Waals surface area contributed by atoms with Crippen LogP contribution < -0.4 is 0 Å². The first-order valence-electron chi connectivity index (χ1n) is 7.79.